The molecule has 0 saturated heterocycles. The Morgan fingerprint density at radius 2 is 2.10 bits per heavy atom. The predicted molar refractivity (Wildman–Crippen MR) is 69.5 cm³/mol. The topological polar surface area (TPSA) is 102 Å². The fraction of sp³-hybridized carbons (Fsp3) is 0.750. The lowest BCUT2D eigenvalue weighted by Crippen LogP contribution is -2.39. The van der Waals surface area contributed by atoms with E-state index in [1.807, 2.05) is 0 Å². The van der Waals surface area contributed by atoms with Gasteiger partial charge in [0.1, 0.15) is 11.0 Å². The number of hydrogen-bond donors (Lipinski definition) is 1. The summed E-state index contributed by atoms with van der Waals surface area (Å²) in [5, 5.41) is 5.37. The first-order valence-corrected chi connectivity index (χ1v) is 8.51. The van der Waals surface area contributed by atoms with Gasteiger partial charge in [-0.15, -0.1) is 0 Å². The number of nitrogens with zero attached hydrogens (tertiary/aromatic N) is 2. The SMILES string of the molecule is C[C@@H](C(=O)NC1CC1)S(=O)(=O)Cc1nc(C2CC2)no1. The van der Waals surface area contributed by atoms with Crippen molar-refractivity contribution in [1.29, 1.82) is 0 Å². The molecule has 7 nitrogen and oxygen atoms in total. The molecule has 0 spiro atoms. The van der Waals surface area contributed by atoms with Crippen LogP contribution in [0.4, 0.5) is 0 Å². The lowest BCUT2D eigenvalue weighted by Gasteiger charge is -2.11. The molecule has 8 heteroatoms. The number of carbonyl (C=O) groups is 1. The molecule has 110 valence electrons. The molecule has 0 radical (unpaired) electrons. The molecule has 1 heterocycles. The van der Waals surface area contributed by atoms with Gasteiger partial charge in [-0.2, -0.15) is 4.98 Å². The van der Waals surface area contributed by atoms with Crippen molar-refractivity contribution < 1.29 is 17.7 Å². The van der Waals surface area contributed by atoms with Gasteiger partial charge in [0.15, 0.2) is 15.7 Å². The summed E-state index contributed by atoms with van der Waals surface area (Å²) in [6, 6.07) is 0.144. The molecular weight excluding hydrogens is 282 g/mol. The number of sulfone groups is 1. The summed E-state index contributed by atoms with van der Waals surface area (Å²) >= 11 is 0. The van der Waals surface area contributed by atoms with Gasteiger partial charge >= 0.3 is 0 Å². The zero-order chi connectivity index (χ0) is 14.3. The van der Waals surface area contributed by atoms with Crippen LogP contribution >= 0.6 is 0 Å². The fourth-order valence-electron chi connectivity index (χ4n) is 1.84. The molecule has 2 saturated carbocycles. The minimum atomic E-state index is -3.63. The first kappa shape index (κ1) is 13.5. The molecule has 3 rings (SSSR count). The summed E-state index contributed by atoms with van der Waals surface area (Å²) in [5.74, 6) is 0.120. The van der Waals surface area contributed by atoms with E-state index < -0.39 is 21.0 Å². The van der Waals surface area contributed by atoms with E-state index in [4.69, 9.17) is 4.52 Å². The Balaban J connectivity index is 1.64. The predicted octanol–water partition coefficient (Wildman–Crippen LogP) is 0.529. The summed E-state index contributed by atoms with van der Waals surface area (Å²) in [7, 11) is -3.63. The van der Waals surface area contributed by atoms with Crippen LogP contribution in [0.1, 0.15) is 50.2 Å². The van der Waals surface area contributed by atoms with Gasteiger partial charge in [0.05, 0.1) is 0 Å². The molecule has 1 N–H and O–H groups in total. The fourth-order valence-corrected chi connectivity index (χ4v) is 2.95. The quantitative estimate of drug-likeness (QED) is 0.822. The third-order valence-corrected chi connectivity index (χ3v) is 5.52. The van der Waals surface area contributed by atoms with Crippen molar-refractivity contribution in [3.8, 4) is 0 Å². The molecule has 0 aliphatic heterocycles. The van der Waals surface area contributed by atoms with Crippen molar-refractivity contribution in [3.63, 3.8) is 0 Å². The number of amides is 1. The van der Waals surface area contributed by atoms with E-state index in [1.165, 1.54) is 6.92 Å². The van der Waals surface area contributed by atoms with Crippen LogP contribution in [-0.4, -0.2) is 35.8 Å². The van der Waals surface area contributed by atoms with Gasteiger partial charge in [0, 0.05) is 12.0 Å². The number of rotatable bonds is 6. The van der Waals surface area contributed by atoms with E-state index in [0.717, 1.165) is 25.7 Å². The lowest BCUT2D eigenvalue weighted by molar-refractivity contribution is -0.120. The summed E-state index contributed by atoms with van der Waals surface area (Å²) < 4.78 is 29.3. The number of aromatic nitrogens is 2. The maximum absolute atomic E-state index is 12.1. The van der Waals surface area contributed by atoms with E-state index in [9.17, 15) is 13.2 Å². The summed E-state index contributed by atoms with van der Waals surface area (Å²) in [5.41, 5.74) is 0. The zero-order valence-electron chi connectivity index (χ0n) is 11.2. The Labute approximate surface area is 117 Å². The third-order valence-electron chi connectivity index (χ3n) is 3.58. The largest absolute Gasteiger partial charge is 0.352 e. The summed E-state index contributed by atoms with van der Waals surface area (Å²) in [6.07, 6.45) is 3.89. The molecule has 20 heavy (non-hydrogen) atoms. The molecule has 1 atom stereocenters. The smallest absolute Gasteiger partial charge is 0.241 e. The Morgan fingerprint density at radius 3 is 2.70 bits per heavy atom. The summed E-state index contributed by atoms with van der Waals surface area (Å²) in [4.78, 5) is 15.9. The molecule has 1 aromatic rings. The van der Waals surface area contributed by atoms with Crippen molar-refractivity contribution in [2.45, 2.75) is 55.6 Å². The van der Waals surface area contributed by atoms with Gasteiger partial charge in [-0.25, -0.2) is 8.42 Å². The number of carbonyl (C=O) groups excluding carboxylic acids is 1. The minimum absolute atomic E-state index is 0.0676. The van der Waals surface area contributed by atoms with Crippen molar-refractivity contribution in [2.24, 2.45) is 0 Å². The van der Waals surface area contributed by atoms with Crippen LogP contribution in [0.3, 0.4) is 0 Å². The Bertz CT molecular complexity index is 616. The van der Waals surface area contributed by atoms with Crippen molar-refractivity contribution in [2.75, 3.05) is 0 Å². The maximum atomic E-state index is 12.1. The van der Waals surface area contributed by atoms with Crippen molar-refractivity contribution in [1.82, 2.24) is 15.5 Å². The van der Waals surface area contributed by atoms with Crippen molar-refractivity contribution in [3.05, 3.63) is 11.7 Å². The molecule has 1 amide bonds. The van der Waals surface area contributed by atoms with E-state index in [2.05, 4.69) is 15.5 Å². The Kier molecular flexibility index (Phi) is 3.27. The second-order valence-corrected chi connectivity index (χ2v) is 7.87. The van der Waals surface area contributed by atoms with Gasteiger partial charge in [0.2, 0.25) is 11.8 Å². The second-order valence-electron chi connectivity index (χ2n) is 5.55. The normalized spacial score (nSPS) is 20.6. The van der Waals surface area contributed by atoms with Crippen LogP contribution in [0, 0.1) is 0 Å². The van der Waals surface area contributed by atoms with Gasteiger partial charge in [0.25, 0.3) is 0 Å². The highest BCUT2D eigenvalue weighted by atomic mass is 32.2. The number of hydrogen-bond acceptors (Lipinski definition) is 6. The molecule has 0 unspecified atom stereocenters. The molecule has 1 aromatic heterocycles. The lowest BCUT2D eigenvalue weighted by atomic mass is 10.4. The Hall–Kier alpha value is -1.44. The van der Waals surface area contributed by atoms with E-state index in [0.29, 0.717) is 11.7 Å². The monoisotopic (exact) mass is 299 g/mol. The highest BCUT2D eigenvalue weighted by molar-refractivity contribution is 7.92. The highest BCUT2D eigenvalue weighted by Gasteiger charge is 2.34. The molecule has 0 bridgehead atoms. The minimum Gasteiger partial charge on any atom is -0.352 e. The van der Waals surface area contributed by atoms with Gasteiger partial charge in [-0.3, -0.25) is 4.79 Å². The maximum Gasteiger partial charge on any atom is 0.241 e. The molecule has 2 aliphatic carbocycles. The van der Waals surface area contributed by atoms with E-state index in [1.54, 1.807) is 0 Å². The van der Waals surface area contributed by atoms with E-state index >= 15 is 0 Å². The molecule has 2 aliphatic rings. The first-order chi connectivity index (χ1) is 9.45. The summed E-state index contributed by atoms with van der Waals surface area (Å²) in [6.45, 7) is 1.39. The third kappa shape index (κ3) is 3.00. The zero-order valence-corrected chi connectivity index (χ0v) is 12.0. The Morgan fingerprint density at radius 1 is 1.40 bits per heavy atom. The standard InChI is InChI=1S/C12H17N3O4S/c1-7(12(16)13-9-4-5-9)20(17,18)6-10-14-11(15-19-10)8-2-3-8/h7-9H,2-6H2,1H3,(H,13,16)/t7-/m0/s1. The van der Waals surface area contributed by atoms with Crippen LogP contribution in [0.2, 0.25) is 0 Å². The van der Waals surface area contributed by atoms with Crippen LogP contribution in [0.15, 0.2) is 4.52 Å². The van der Waals surface area contributed by atoms with Gasteiger partial charge in [-0.1, -0.05) is 5.16 Å². The number of nitrogens with one attached hydrogen (secondary N) is 1. The molecule has 0 aromatic carbocycles. The highest BCUT2D eigenvalue weighted by Crippen LogP contribution is 2.38. The average Bonchev–Trinajstić information content (AvgIpc) is 3.30. The van der Waals surface area contributed by atoms with Crippen LogP contribution < -0.4 is 5.32 Å². The van der Waals surface area contributed by atoms with Crippen LogP contribution in [0.5, 0.6) is 0 Å². The van der Waals surface area contributed by atoms with Gasteiger partial charge in [-0.05, 0) is 32.6 Å². The molecule has 2 fully saturated rings. The average molecular weight is 299 g/mol. The van der Waals surface area contributed by atoms with Crippen LogP contribution in [0.25, 0.3) is 0 Å². The van der Waals surface area contributed by atoms with E-state index in [-0.39, 0.29) is 17.7 Å². The second kappa shape index (κ2) is 4.83. The molecular formula is C12H17N3O4S. The van der Waals surface area contributed by atoms with Crippen molar-refractivity contribution >= 4 is 15.7 Å². The first-order valence-electron chi connectivity index (χ1n) is 6.80. The van der Waals surface area contributed by atoms with Gasteiger partial charge < -0.3 is 9.84 Å². The van der Waals surface area contributed by atoms with Crippen LogP contribution in [-0.2, 0) is 20.4 Å².